The first-order chi connectivity index (χ1) is 10.0. The lowest BCUT2D eigenvalue weighted by Gasteiger charge is -2.33. The largest absolute Gasteiger partial charge is 0.271 e. The summed E-state index contributed by atoms with van der Waals surface area (Å²) in [5.41, 5.74) is 2.94. The van der Waals surface area contributed by atoms with E-state index in [1.807, 2.05) is 0 Å². The molecule has 1 aliphatic carbocycles. The summed E-state index contributed by atoms with van der Waals surface area (Å²) in [6.07, 6.45) is 10.7. The van der Waals surface area contributed by atoms with Gasteiger partial charge in [-0.25, -0.2) is 8.42 Å². The molecule has 0 aromatic carbocycles. The van der Waals surface area contributed by atoms with Crippen LogP contribution in [0.15, 0.2) is 0 Å². The van der Waals surface area contributed by atoms with Crippen LogP contribution in [0, 0.1) is 11.8 Å². The van der Waals surface area contributed by atoms with E-state index in [4.69, 9.17) is 5.84 Å². The van der Waals surface area contributed by atoms with E-state index in [9.17, 15) is 8.42 Å². The molecule has 0 aromatic heterocycles. The zero-order valence-electron chi connectivity index (χ0n) is 13.8. The highest BCUT2D eigenvalue weighted by Crippen LogP contribution is 2.34. The number of sulfone groups is 1. The summed E-state index contributed by atoms with van der Waals surface area (Å²) < 4.78 is 23.1. The lowest BCUT2D eigenvalue weighted by atomic mass is 9.76. The molecule has 4 nitrogen and oxygen atoms in total. The Kier molecular flexibility index (Phi) is 8.83. The first kappa shape index (κ1) is 18.9. The van der Waals surface area contributed by atoms with Gasteiger partial charge < -0.3 is 0 Å². The van der Waals surface area contributed by atoms with E-state index < -0.39 is 9.84 Å². The Morgan fingerprint density at radius 1 is 1.14 bits per heavy atom. The highest BCUT2D eigenvalue weighted by Gasteiger charge is 2.26. The molecule has 0 aliphatic heterocycles. The molecule has 5 heteroatoms. The minimum absolute atomic E-state index is 0.246. The number of unbranched alkanes of at least 4 members (excludes halogenated alkanes) is 1. The van der Waals surface area contributed by atoms with Crippen LogP contribution in [-0.2, 0) is 9.84 Å². The molecule has 1 aliphatic rings. The smallest absolute Gasteiger partial charge is 0.150 e. The van der Waals surface area contributed by atoms with Crippen LogP contribution in [0.2, 0.25) is 0 Å². The van der Waals surface area contributed by atoms with Crippen LogP contribution in [0.4, 0.5) is 0 Å². The van der Waals surface area contributed by atoms with E-state index >= 15 is 0 Å². The van der Waals surface area contributed by atoms with Crippen molar-refractivity contribution in [3.05, 3.63) is 0 Å². The quantitative estimate of drug-likeness (QED) is 0.480. The van der Waals surface area contributed by atoms with Crippen molar-refractivity contribution >= 4 is 9.84 Å². The lowest BCUT2D eigenvalue weighted by Crippen LogP contribution is -2.42. The average molecular weight is 319 g/mol. The number of hydrogen-bond acceptors (Lipinski definition) is 4. The van der Waals surface area contributed by atoms with Gasteiger partial charge in [0, 0.05) is 11.8 Å². The Hall–Kier alpha value is -0.130. The van der Waals surface area contributed by atoms with Crippen molar-refractivity contribution in [3.63, 3.8) is 0 Å². The normalized spacial score (nSPS) is 24.9. The van der Waals surface area contributed by atoms with Crippen molar-refractivity contribution < 1.29 is 8.42 Å². The third-order valence-corrected chi connectivity index (χ3v) is 6.84. The summed E-state index contributed by atoms with van der Waals surface area (Å²) in [7, 11) is -2.84. The van der Waals surface area contributed by atoms with Crippen molar-refractivity contribution in [1.29, 1.82) is 0 Å². The van der Waals surface area contributed by atoms with E-state index in [2.05, 4.69) is 12.3 Å². The molecule has 1 fully saturated rings. The SMILES string of the molecule is CCCCC1CCC(C(CCCS(=O)(=O)CC)NN)CC1. The van der Waals surface area contributed by atoms with Crippen LogP contribution in [0.5, 0.6) is 0 Å². The van der Waals surface area contributed by atoms with Gasteiger partial charge in [-0.05, 0) is 37.5 Å². The van der Waals surface area contributed by atoms with Crippen molar-refractivity contribution in [1.82, 2.24) is 5.43 Å². The highest BCUT2D eigenvalue weighted by atomic mass is 32.2. The number of rotatable bonds is 10. The molecule has 0 aromatic rings. The number of nitrogens with one attached hydrogen (secondary N) is 1. The van der Waals surface area contributed by atoms with E-state index in [1.165, 1.54) is 44.9 Å². The first-order valence-corrected chi connectivity index (χ1v) is 10.5. The predicted octanol–water partition coefficient (Wildman–Crippen LogP) is 3.03. The fourth-order valence-corrected chi connectivity index (χ4v) is 4.39. The van der Waals surface area contributed by atoms with E-state index in [1.54, 1.807) is 6.92 Å². The molecule has 1 saturated carbocycles. The second-order valence-corrected chi connectivity index (χ2v) is 9.05. The van der Waals surface area contributed by atoms with Gasteiger partial charge in [0.05, 0.1) is 5.75 Å². The second kappa shape index (κ2) is 9.80. The van der Waals surface area contributed by atoms with E-state index in [0.29, 0.717) is 11.7 Å². The molecule has 0 bridgehead atoms. The molecule has 21 heavy (non-hydrogen) atoms. The maximum absolute atomic E-state index is 11.5. The molecular formula is C16H34N2O2S. The molecule has 0 spiro atoms. The fourth-order valence-electron chi connectivity index (χ4n) is 3.49. The van der Waals surface area contributed by atoms with Gasteiger partial charge in [-0.3, -0.25) is 11.3 Å². The van der Waals surface area contributed by atoms with E-state index in [-0.39, 0.29) is 11.8 Å². The number of hydrogen-bond donors (Lipinski definition) is 2. The lowest BCUT2D eigenvalue weighted by molar-refractivity contribution is 0.206. The third kappa shape index (κ3) is 7.11. The van der Waals surface area contributed by atoms with Gasteiger partial charge in [0.1, 0.15) is 9.84 Å². The van der Waals surface area contributed by atoms with Gasteiger partial charge in [0.2, 0.25) is 0 Å². The maximum Gasteiger partial charge on any atom is 0.150 e. The van der Waals surface area contributed by atoms with Gasteiger partial charge in [-0.2, -0.15) is 0 Å². The molecular weight excluding hydrogens is 284 g/mol. The van der Waals surface area contributed by atoms with Crippen LogP contribution >= 0.6 is 0 Å². The molecule has 0 saturated heterocycles. The summed E-state index contributed by atoms with van der Waals surface area (Å²) >= 11 is 0. The Morgan fingerprint density at radius 2 is 1.81 bits per heavy atom. The third-order valence-electron chi connectivity index (χ3n) is 5.05. The van der Waals surface area contributed by atoms with Crippen LogP contribution in [0.25, 0.3) is 0 Å². The molecule has 0 radical (unpaired) electrons. The van der Waals surface area contributed by atoms with Crippen molar-refractivity contribution in [2.24, 2.45) is 17.7 Å². The Balaban J connectivity index is 2.30. The second-order valence-electron chi connectivity index (χ2n) is 6.57. The van der Waals surface area contributed by atoms with Gasteiger partial charge in [-0.1, -0.05) is 46.0 Å². The van der Waals surface area contributed by atoms with Gasteiger partial charge in [-0.15, -0.1) is 0 Å². The average Bonchev–Trinajstić information content (AvgIpc) is 2.50. The van der Waals surface area contributed by atoms with Crippen LogP contribution in [0.1, 0.15) is 71.6 Å². The van der Waals surface area contributed by atoms with Crippen LogP contribution < -0.4 is 11.3 Å². The first-order valence-electron chi connectivity index (χ1n) is 8.69. The van der Waals surface area contributed by atoms with Crippen molar-refractivity contribution in [2.75, 3.05) is 11.5 Å². The molecule has 0 heterocycles. The fraction of sp³-hybridized carbons (Fsp3) is 1.00. The molecule has 1 unspecified atom stereocenters. The Labute approximate surface area is 131 Å². The summed E-state index contributed by atoms with van der Waals surface area (Å²) in [6, 6.07) is 0.282. The zero-order chi connectivity index (χ0) is 15.7. The summed E-state index contributed by atoms with van der Waals surface area (Å²) in [4.78, 5) is 0. The van der Waals surface area contributed by atoms with Gasteiger partial charge in [0.15, 0.2) is 0 Å². The predicted molar refractivity (Wildman–Crippen MR) is 89.6 cm³/mol. The van der Waals surface area contributed by atoms with Crippen LogP contribution in [0.3, 0.4) is 0 Å². The van der Waals surface area contributed by atoms with Crippen molar-refractivity contribution in [3.8, 4) is 0 Å². The number of nitrogens with two attached hydrogens (primary N) is 1. The Bertz CT molecular complexity index is 362. The van der Waals surface area contributed by atoms with E-state index in [0.717, 1.165) is 18.8 Å². The zero-order valence-corrected chi connectivity index (χ0v) is 14.6. The summed E-state index contributed by atoms with van der Waals surface area (Å²) in [5, 5.41) is 0. The maximum atomic E-state index is 11.5. The Morgan fingerprint density at radius 3 is 2.33 bits per heavy atom. The molecule has 1 rings (SSSR count). The van der Waals surface area contributed by atoms with Crippen LogP contribution in [-0.4, -0.2) is 26.0 Å². The van der Waals surface area contributed by atoms with Gasteiger partial charge >= 0.3 is 0 Å². The molecule has 0 amide bonds. The summed E-state index contributed by atoms with van der Waals surface area (Å²) in [6.45, 7) is 3.97. The minimum Gasteiger partial charge on any atom is -0.271 e. The number of hydrazine groups is 1. The molecule has 126 valence electrons. The summed E-state index contributed by atoms with van der Waals surface area (Å²) in [5.74, 6) is 7.77. The highest BCUT2D eigenvalue weighted by molar-refractivity contribution is 7.91. The van der Waals surface area contributed by atoms with Crippen molar-refractivity contribution in [2.45, 2.75) is 77.7 Å². The van der Waals surface area contributed by atoms with Gasteiger partial charge in [0.25, 0.3) is 0 Å². The minimum atomic E-state index is -2.84. The molecule has 1 atom stereocenters. The topological polar surface area (TPSA) is 72.2 Å². The molecule has 3 N–H and O–H groups in total. The monoisotopic (exact) mass is 318 g/mol. The standard InChI is InChI=1S/C16H34N2O2S/c1-3-5-7-14-9-11-15(12-10-14)16(18-17)8-6-13-21(19,20)4-2/h14-16,18H,3-13,17H2,1-2H3.